The lowest BCUT2D eigenvalue weighted by atomic mass is 10.2. The number of rotatable bonds is 5. The van der Waals surface area contributed by atoms with Crippen LogP contribution in [-0.4, -0.2) is 30.3 Å². The number of benzene rings is 2. The van der Waals surface area contributed by atoms with Gasteiger partial charge < -0.3 is 10.2 Å². The molecule has 0 spiro atoms. The van der Waals surface area contributed by atoms with E-state index in [9.17, 15) is 14.0 Å². The molecule has 0 heterocycles. The van der Waals surface area contributed by atoms with Crippen molar-refractivity contribution in [1.29, 1.82) is 0 Å². The van der Waals surface area contributed by atoms with Crippen LogP contribution in [0.3, 0.4) is 0 Å². The van der Waals surface area contributed by atoms with Crippen molar-refractivity contribution >= 4 is 23.4 Å². The third-order valence-corrected chi connectivity index (χ3v) is 3.53. The topological polar surface area (TPSA) is 49.4 Å². The van der Waals surface area contributed by atoms with Gasteiger partial charge in [0.25, 0.3) is 5.91 Å². The highest BCUT2D eigenvalue weighted by atomic mass is 35.5. The Balaban J connectivity index is 1.87. The van der Waals surface area contributed by atoms with Crippen molar-refractivity contribution in [3.63, 3.8) is 0 Å². The van der Waals surface area contributed by atoms with E-state index in [1.54, 1.807) is 25.2 Å². The maximum atomic E-state index is 13.5. The average molecular weight is 335 g/mol. The highest BCUT2D eigenvalue weighted by Crippen LogP contribution is 2.11. The third kappa shape index (κ3) is 4.79. The Hall–Kier alpha value is -2.40. The second-order valence-corrected chi connectivity index (χ2v) is 5.48. The van der Waals surface area contributed by atoms with Crippen LogP contribution in [0.1, 0.15) is 15.9 Å². The summed E-state index contributed by atoms with van der Waals surface area (Å²) in [6.45, 7) is 0.197. The van der Waals surface area contributed by atoms with Crippen LogP contribution in [-0.2, 0) is 11.3 Å². The summed E-state index contributed by atoms with van der Waals surface area (Å²) < 4.78 is 13.5. The molecule has 0 aromatic heterocycles. The van der Waals surface area contributed by atoms with Gasteiger partial charge in [-0.1, -0.05) is 35.9 Å². The molecule has 0 atom stereocenters. The maximum Gasteiger partial charge on any atom is 0.254 e. The van der Waals surface area contributed by atoms with Crippen LogP contribution in [0.2, 0.25) is 5.02 Å². The zero-order valence-electron chi connectivity index (χ0n) is 12.6. The fourth-order valence-corrected chi connectivity index (χ4v) is 2.11. The van der Waals surface area contributed by atoms with E-state index in [0.717, 1.165) is 5.56 Å². The number of carbonyl (C=O) groups is 2. The molecule has 23 heavy (non-hydrogen) atoms. The van der Waals surface area contributed by atoms with Gasteiger partial charge in [0.2, 0.25) is 5.91 Å². The van der Waals surface area contributed by atoms with Gasteiger partial charge in [-0.3, -0.25) is 9.59 Å². The summed E-state index contributed by atoms with van der Waals surface area (Å²) >= 11 is 5.81. The van der Waals surface area contributed by atoms with Crippen molar-refractivity contribution in [3.8, 4) is 0 Å². The van der Waals surface area contributed by atoms with E-state index in [1.165, 1.54) is 23.1 Å². The minimum Gasteiger partial charge on any atom is -0.343 e. The molecule has 2 aromatic rings. The Kier molecular flexibility index (Phi) is 5.71. The molecule has 6 heteroatoms. The third-order valence-electron chi connectivity index (χ3n) is 3.28. The summed E-state index contributed by atoms with van der Waals surface area (Å²) in [5.74, 6) is -1.51. The summed E-state index contributed by atoms with van der Waals surface area (Å²) in [7, 11) is 1.63. The van der Waals surface area contributed by atoms with Crippen molar-refractivity contribution < 1.29 is 14.0 Å². The second kappa shape index (κ2) is 7.74. The Morgan fingerprint density at radius 3 is 2.43 bits per heavy atom. The zero-order chi connectivity index (χ0) is 16.8. The quantitative estimate of drug-likeness (QED) is 0.914. The van der Waals surface area contributed by atoms with Gasteiger partial charge in [0, 0.05) is 18.6 Å². The molecule has 0 saturated heterocycles. The molecule has 2 aromatic carbocycles. The summed E-state index contributed by atoms with van der Waals surface area (Å²) in [5, 5.41) is 3.05. The molecule has 120 valence electrons. The number of hydrogen-bond acceptors (Lipinski definition) is 2. The first-order chi connectivity index (χ1) is 11.0. The molecule has 0 saturated carbocycles. The molecule has 0 aliphatic carbocycles. The smallest absolute Gasteiger partial charge is 0.254 e. The molecule has 0 aliphatic rings. The van der Waals surface area contributed by atoms with Crippen LogP contribution in [0.5, 0.6) is 0 Å². The van der Waals surface area contributed by atoms with Crippen LogP contribution < -0.4 is 5.32 Å². The molecular formula is C17H16ClFN2O2. The van der Waals surface area contributed by atoms with E-state index in [0.29, 0.717) is 11.6 Å². The van der Waals surface area contributed by atoms with Crippen LogP contribution in [0.25, 0.3) is 0 Å². The molecule has 0 unspecified atom stereocenters. The molecule has 2 amide bonds. The van der Waals surface area contributed by atoms with Gasteiger partial charge in [-0.15, -0.1) is 0 Å². The number of nitrogens with zero attached hydrogens (tertiary/aromatic N) is 1. The van der Waals surface area contributed by atoms with E-state index in [4.69, 9.17) is 11.6 Å². The molecule has 0 bridgehead atoms. The van der Waals surface area contributed by atoms with Crippen LogP contribution in [0, 0.1) is 5.82 Å². The monoisotopic (exact) mass is 334 g/mol. The van der Waals surface area contributed by atoms with Crippen molar-refractivity contribution in [2.75, 3.05) is 13.6 Å². The normalized spacial score (nSPS) is 10.2. The molecule has 0 radical (unpaired) electrons. The number of likely N-dealkylation sites (N-methyl/N-ethyl adjacent to an activating group) is 1. The van der Waals surface area contributed by atoms with Crippen LogP contribution >= 0.6 is 11.6 Å². The fraction of sp³-hybridized carbons (Fsp3) is 0.176. The first kappa shape index (κ1) is 17.0. The Labute approximate surface area is 138 Å². The predicted molar refractivity (Wildman–Crippen MR) is 86.7 cm³/mol. The molecule has 4 nitrogen and oxygen atoms in total. The van der Waals surface area contributed by atoms with Crippen molar-refractivity contribution in [3.05, 3.63) is 70.5 Å². The number of amides is 2. The largest absolute Gasteiger partial charge is 0.343 e. The highest BCUT2D eigenvalue weighted by molar-refractivity contribution is 6.30. The van der Waals surface area contributed by atoms with Crippen LogP contribution in [0.15, 0.2) is 48.5 Å². The standard InChI is InChI=1S/C17H16ClFN2O2/c1-21(11-12-6-8-13(18)9-7-12)16(22)10-20-17(23)14-4-2-3-5-15(14)19/h2-9H,10-11H2,1H3,(H,20,23). The fourth-order valence-electron chi connectivity index (χ4n) is 1.98. The van der Waals surface area contributed by atoms with Crippen molar-refractivity contribution in [1.82, 2.24) is 10.2 Å². The SMILES string of the molecule is CN(Cc1ccc(Cl)cc1)C(=O)CNC(=O)c1ccccc1F. The molecule has 0 aliphatic heterocycles. The Bertz CT molecular complexity index is 704. The van der Waals surface area contributed by atoms with Gasteiger partial charge in [0.1, 0.15) is 5.82 Å². The molecule has 1 N–H and O–H groups in total. The number of nitrogens with one attached hydrogen (secondary N) is 1. The zero-order valence-corrected chi connectivity index (χ0v) is 13.3. The first-order valence-corrected chi connectivity index (χ1v) is 7.36. The summed E-state index contributed by atoms with van der Waals surface area (Å²) in [6.07, 6.45) is 0. The minimum atomic E-state index is -0.619. The Morgan fingerprint density at radius 2 is 1.78 bits per heavy atom. The summed E-state index contributed by atoms with van der Waals surface area (Å²) in [6, 6.07) is 12.8. The lowest BCUT2D eigenvalue weighted by molar-refractivity contribution is -0.129. The van der Waals surface area contributed by atoms with Crippen molar-refractivity contribution in [2.24, 2.45) is 0 Å². The van der Waals surface area contributed by atoms with Gasteiger partial charge in [0.05, 0.1) is 12.1 Å². The average Bonchev–Trinajstić information content (AvgIpc) is 2.54. The van der Waals surface area contributed by atoms with Crippen LogP contribution in [0.4, 0.5) is 4.39 Å². The summed E-state index contributed by atoms with van der Waals surface area (Å²) in [5.41, 5.74) is 0.839. The van der Waals surface area contributed by atoms with Gasteiger partial charge in [-0.25, -0.2) is 4.39 Å². The predicted octanol–water partition coefficient (Wildman–Crippen LogP) is 2.87. The second-order valence-electron chi connectivity index (χ2n) is 5.04. The van der Waals surface area contributed by atoms with Crippen molar-refractivity contribution in [2.45, 2.75) is 6.54 Å². The first-order valence-electron chi connectivity index (χ1n) is 6.98. The van der Waals surface area contributed by atoms with E-state index < -0.39 is 11.7 Å². The lowest BCUT2D eigenvalue weighted by Crippen LogP contribution is -2.38. The van der Waals surface area contributed by atoms with E-state index in [-0.39, 0.29) is 18.0 Å². The van der Waals surface area contributed by atoms with Gasteiger partial charge in [0.15, 0.2) is 0 Å². The Morgan fingerprint density at radius 1 is 1.13 bits per heavy atom. The summed E-state index contributed by atoms with van der Waals surface area (Å²) in [4.78, 5) is 25.4. The number of halogens is 2. The minimum absolute atomic E-state index is 0.0827. The number of hydrogen-bond donors (Lipinski definition) is 1. The van der Waals surface area contributed by atoms with Gasteiger partial charge in [-0.05, 0) is 29.8 Å². The molecule has 0 fully saturated rings. The van der Waals surface area contributed by atoms with Gasteiger partial charge in [-0.2, -0.15) is 0 Å². The van der Waals surface area contributed by atoms with E-state index in [2.05, 4.69) is 5.32 Å². The highest BCUT2D eigenvalue weighted by Gasteiger charge is 2.14. The molecular weight excluding hydrogens is 319 g/mol. The van der Waals surface area contributed by atoms with E-state index >= 15 is 0 Å². The lowest BCUT2D eigenvalue weighted by Gasteiger charge is -2.17. The number of carbonyl (C=O) groups excluding carboxylic acids is 2. The van der Waals surface area contributed by atoms with E-state index in [1.807, 2.05) is 12.1 Å². The maximum absolute atomic E-state index is 13.5. The molecule has 2 rings (SSSR count). The van der Waals surface area contributed by atoms with Gasteiger partial charge >= 0.3 is 0 Å².